The van der Waals surface area contributed by atoms with Gasteiger partial charge in [0.15, 0.2) is 11.5 Å². The average Bonchev–Trinajstić information content (AvgIpc) is 3.46. The van der Waals surface area contributed by atoms with Crippen molar-refractivity contribution >= 4 is 23.1 Å². The van der Waals surface area contributed by atoms with E-state index >= 15 is 0 Å². The molecule has 2 aliphatic rings. The first-order valence-corrected chi connectivity index (χ1v) is 12.1. The number of rotatable bonds is 7. The Balaban J connectivity index is 1.63. The first-order chi connectivity index (χ1) is 17.9. The zero-order valence-corrected chi connectivity index (χ0v) is 20.8. The standard InChI is InChI=1S/C29H27NO7/c1-4-34-21-12-8-20(9-13-21)30-26(18-5-10-22(11-6-18)37-17(2)3)25(28(32)29(30)33)27(31)19-7-14-23-24(15-19)36-16-35-23/h5-15,17,26,31H,4,16H2,1-3H3/b27-25-. The first kappa shape index (κ1) is 24.2. The fourth-order valence-corrected chi connectivity index (χ4v) is 4.48. The quantitative estimate of drug-likeness (QED) is 0.269. The zero-order chi connectivity index (χ0) is 26.1. The highest BCUT2D eigenvalue weighted by molar-refractivity contribution is 6.51. The first-order valence-electron chi connectivity index (χ1n) is 12.1. The van der Waals surface area contributed by atoms with Gasteiger partial charge in [-0.2, -0.15) is 0 Å². The van der Waals surface area contributed by atoms with Crippen molar-refractivity contribution < 1.29 is 33.6 Å². The van der Waals surface area contributed by atoms with Crippen molar-refractivity contribution in [2.45, 2.75) is 32.9 Å². The summed E-state index contributed by atoms with van der Waals surface area (Å²) >= 11 is 0. The van der Waals surface area contributed by atoms with Gasteiger partial charge in [-0.15, -0.1) is 0 Å². The zero-order valence-electron chi connectivity index (χ0n) is 20.8. The Morgan fingerprint density at radius 2 is 1.65 bits per heavy atom. The molecule has 8 nitrogen and oxygen atoms in total. The highest BCUT2D eigenvalue weighted by Crippen LogP contribution is 2.44. The minimum Gasteiger partial charge on any atom is -0.507 e. The smallest absolute Gasteiger partial charge is 0.300 e. The molecule has 1 amide bonds. The van der Waals surface area contributed by atoms with Gasteiger partial charge in [0.2, 0.25) is 6.79 Å². The van der Waals surface area contributed by atoms with Gasteiger partial charge < -0.3 is 24.1 Å². The fraction of sp³-hybridized carbons (Fsp3) is 0.241. The molecule has 37 heavy (non-hydrogen) atoms. The van der Waals surface area contributed by atoms with E-state index in [1.54, 1.807) is 66.7 Å². The second-order valence-corrected chi connectivity index (χ2v) is 8.90. The van der Waals surface area contributed by atoms with Crippen LogP contribution in [0.25, 0.3) is 5.76 Å². The molecule has 2 aliphatic heterocycles. The Kier molecular flexibility index (Phi) is 6.48. The van der Waals surface area contributed by atoms with Crippen LogP contribution >= 0.6 is 0 Å². The molecule has 0 aliphatic carbocycles. The molecule has 0 radical (unpaired) electrons. The van der Waals surface area contributed by atoms with Crippen LogP contribution in [0.5, 0.6) is 23.0 Å². The number of amides is 1. The molecular weight excluding hydrogens is 474 g/mol. The summed E-state index contributed by atoms with van der Waals surface area (Å²) in [5, 5.41) is 11.4. The Morgan fingerprint density at radius 1 is 0.973 bits per heavy atom. The summed E-state index contributed by atoms with van der Waals surface area (Å²) in [5.74, 6) is 0.496. The number of nitrogens with zero attached hydrogens (tertiary/aromatic N) is 1. The van der Waals surface area contributed by atoms with E-state index in [0.717, 1.165) is 0 Å². The lowest BCUT2D eigenvalue weighted by Crippen LogP contribution is -2.29. The SMILES string of the molecule is CCOc1ccc(N2C(=O)C(=O)/C(=C(\O)c3ccc4c(c3)OCO4)C2c2ccc(OC(C)C)cc2)cc1. The molecule has 3 aromatic rings. The molecule has 8 heteroatoms. The average molecular weight is 502 g/mol. The Labute approximate surface area is 214 Å². The normalized spacial score (nSPS) is 17.9. The van der Waals surface area contributed by atoms with Crippen molar-refractivity contribution in [3.8, 4) is 23.0 Å². The van der Waals surface area contributed by atoms with Gasteiger partial charge in [0.05, 0.1) is 24.3 Å². The second kappa shape index (κ2) is 9.89. The third kappa shape index (κ3) is 4.58. The number of ketones is 1. The summed E-state index contributed by atoms with van der Waals surface area (Å²) in [6.45, 7) is 6.33. The van der Waals surface area contributed by atoms with Crippen LogP contribution in [0, 0.1) is 0 Å². The van der Waals surface area contributed by atoms with E-state index in [1.165, 1.54) is 4.90 Å². The number of carbonyl (C=O) groups is 2. The summed E-state index contributed by atoms with van der Waals surface area (Å²) in [6.07, 6.45) is -0.00801. The second-order valence-electron chi connectivity index (χ2n) is 8.90. The molecular formula is C29H27NO7. The molecule has 5 rings (SSSR count). The van der Waals surface area contributed by atoms with E-state index in [4.69, 9.17) is 18.9 Å². The Bertz CT molecular complexity index is 1360. The fourth-order valence-electron chi connectivity index (χ4n) is 4.48. The molecule has 1 N–H and O–H groups in total. The molecule has 1 fully saturated rings. The van der Waals surface area contributed by atoms with Crippen molar-refractivity contribution in [1.29, 1.82) is 0 Å². The topological polar surface area (TPSA) is 94.5 Å². The number of hydrogen-bond donors (Lipinski definition) is 1. The number of fused-ring (bicyclic) bond motifs is 1. The van der Waals surface area contributed by atoms with Gasteiger partial charge in [-0.25, -0.2) is 0 Å². The molecule has 0 spiro atoms. The van der Waals surface area contributed by atoms with Gasteiger partial charge >= 0.3 is 0 Å². The van der Waals surface area contributed by atoms with E-state index in [2.05, 4.69) is 0 Å². The third-order valence-corrected chi connectivity index (χ3v) is 6.08. The van der Waals surface area contributed by atoms with E-state index < -0.39 is 17.7 Å². The van der Waals surface area contributed by atoms with Gasteiger partial charge in [0.25, 0.3) is 11.7 Å². The summed E-state index contributed by atoms with van der Waals surface area (Å²) in [4.78, 5) is 28.2. The maximum Gasteiger partial charge on any atom is 0.300 e. The minimum absolute atomic E-state index is 0.00801. The lowest BCUT2D eigenvalue weighted by atomic mass is 9.95. The van der Waals surface area contributed by atoms with Crippen LogP contribution in [0.15, 0.2) is 72.3 Å². The van der Waals surface area contributed by atoms with Crippen LogP contribution in [0.2, 0.25) is 0 Å². The highest BCUT2D eigenvalue weighted by atomic mass is 16.7. The lowest BCUT2D eigenvalue weighted by Gasteiger charge is -2.26. The van der Waals surface area contributed by atoms with E-state index in [0.29, 0.717) is 46.4 Å². The molecule has 2 heterocycles. The molecule has 1 unspecified atom stereocenters. The number of carbonyl (C=O) groups excluding carboxylic acids is 2. The van der Waals surface area contributed by atoms with Gasteiger partial charge in [-0.05, 0) is 80.9 Å². The van der Waals surface area contributed by atoms with Crippen LogP contribution in [-0.2, 0) is 9.59 Å². The number of aliphatic hydroxyl groups is 1. The summed E-state index contributed by atoms with van der Waals surface area (Å²) in [5.41, 5.74) is 1.48. The largest absolute Gasteiger partial charge is 0.507 e. The van der Waals surface area contributed by atoms with Gasteiger partial charge in [-0.3, -0.25) is 14.5 Å². The van der Waals surface area contributed by atoms with E-state index in [1.807, 2.05) is 20.8 Å². The Hall–Kier alpha value is -4.46. The van der Waals surface area contributed by atoms with Crippen molar-refractivity contribution in [3.05, 3.63) is 83.4 Å². The summed E-state index contributed by atoms with van der Waals surface area (Å²) in [6, 6.07) is 18.1. The number of anilines is 1. The predicted molar refractivity (Wildman–Crippen MR) is 137 cm³/mol. The van der Waals surface area contributed by atoms with E-state index in [-0.39, 0.29) is 24.2 Å². The Morgan fingerprint density at radius 3 is 2.32 bits per heavy atom. The maximum absolute atomic E-state index is 13.4. The van der Waals surface area contributed by atoms with Gasteiger partial charge in [0.1, 0.15) is 17.3 Å². The maximum atomic E-state index is 13.4. The minimum atomic E-state index is -0.864. The number of hydrogen-bond acceptors (Lipinski definition) is 7. The lowest BCUT2D eigenvalue weighted by molar-refractivity contribution is -0.132. The van der Waals surface area contributed by atoms with Crippen molar-refractivity contribution in [1.82, 2.24) is 0 Å². The molecule has 1 saturated heterocycles. The summed E-state index contributed by atoms with van der Waals surface area (Å²) in [7, 11) is 0. The molecule has 3 aromatic carbocycles. The van der Waals surface area contributed by atoms with Crippen LogP contribution in [0.4, 0.5) is 5.69 Å². The predicted octanol–water partition coefficient (Wildman–Crippen LogP) is 5.23. The van der Waals surface area contributed by atoms with Crippen molar-refractivity contribution in [2.75, 3.05) is 18.3 Å². The number of aliphatic hydroxyl groups excluding tert-OH is 1. The van der Waals surface area contributed by atoms with Gasteiger partial charge in [0, 0.05) is 11.3 Å². The molecule has 1 atom stereocenters. The van der Waals surface area contributed by atoms with Crippen LogP contribution < -0.4 is 23.8 Å². The van der Waals surface area contributed by atoms with Crippen LogP contribution in [-0.4, -0.2) is 36.3 Å². The monoisotopic (exact) mass is 501 g/mol. The van der Waals surface area contributed by atoms with Crippen molar-refractivity contribution in [3.63, 3.8) is 0 Å². The highest BCUT2D eigenvalue weighted by Gasteiger charge is 2.47. The molecule has 0 saturated carbocycles. The molecule has 190 valence electrons. The number of Topliss-reactive ketones (excluding diaryl/α,β-unsaturated/α-hetero) is 1. The summed E-state index contributed by atoms with van der Waals surface area (Å²) < 4.78 is 22.1. The van der Waals surface area contributed by atoms with E-state index in [9.17, 15) is 14.7 Å². The van der Waals surface area contributed by atoms with Crippen molar-refractivity contribution in [2.24, 2.45) is 0 Å². The van der Waals surface area contributed by atoms with Gasteiger partial charge in [-0.1, -0.05) is 12.1 Å². The molecule has 0 aromatic heterocycles. The molecule has 0 bridgehead atoms. The van der Waals surface area contributed by atoms with Crippen LogP contribution in [0.3, 0.4) is 0 Å². The third-order valence-electron chi connectivity index (χ3n) is 6.08. The number of benzene rings is 3. The van der Waals surface area contributed by atoms with Crippen LogP contribution in [0.1, 0.15) is 37.9 Å². The number of ether oxygens (including phenoxy) is 4.